The van der Waals surface area contributed by atoms with Crippen LogP contribution in [0.15, 0.2) is 42.5 Å². The van der Waals surface area contributed by atoms with E-state index < -0.39 is 29.8 Å². The number of rotatable bonds is 9. The Morgan fingerprint density at radius 3 is 2.32 bits per heavy atom. The van der Waals surface area contributed by atoms with Gasteiger partial charge in [0.15, 0.2) is 0 Å². The van der Waals surface area contributed by atoms with Crippen LogP contribution in [0.5, 0.6) is 0 Å². The number of hydrogen-bond acceptors (Lipinski definition) is 4. The number of benzene rings is 2. The fourth-order valence-corrected chi connectivity index (χ4v) is 2.74. The third-order valence-electron chi connectivity index (χ3n) is 3.58. The third kappa shape index (κ3) is 6.74. The van der Waals surface area contributed by atoms with Crippen molar-refractivity contribution in [2.45, 2.75) is 19.0 Å². The molecule has 0 spiro atoms. The molecule has 0 aliphatic carbocycles. The molecule has 28 heavy (non-hydrogen) atoms. The van der Waals surface area contributed by atoms with Crippen LogP contribution in [0.25, 0.3) is 0 Å². The van der Waals surface area contributed by atoms with Crippen LogP contribution >= 0.6 is 0 Å². The highest BCUT2D eigenvalue weighted by Gasteiger charge is 2.26. The maximum atomic E-state index is 12.3. The van der Waals surface area contributed by atoms with Gasteiger partial charge in [-0.15, -0.1) is 0 Å². The minimum atomic E-state index is -4.30. The zero-order chi connectivity index (χ0) is 20.7. The van der Waals surface area contributed by atoms with Crippen molar-refractivity contribution < 1.29 is 31.8 Å². The summed E-state index contributed by atoms with van der Waals surface area (Å²) in [7, 11) is 0. The summed E-state index contributed by atoms with van der Waals surface area (Å²) in [6.45, 7) is -0.0757. The molecule has 0 aliphatic rings. The van der Waals surface area contributed by atoms with Crippen LogP contribution in [0.4, 0.5) is 35.9 Å². The van der Waals surface area contributed by atoms with Crippen LogP contribution in [-0.2, 0) is 11.3 Å². The van der Waals surface area contributed by atoms with Gasteiger partial charge in [0.25, 0.3) is 11.3 Å². The fourth-order valence-electron chi connectivity index (χ4n) is 2.39. The highest BCUT2D eigenvalue weighted by atomic mass is 32.2. The SMILES string of the molecule is O=C(O)c1cc(NCCCC(F)(F)F)c(Nc2ccccc2)c(NS(=O)O)c1. The molecule has 0 saturated carbocycles. The number of anilines is 4. The smallest absolute Gasteiger partial charge is 0.389 e. The van der Waals surface area contributed by atoms with E-state index in [-0.39, 0.29) is 35.6 Å². The van der Waals surface area contributed by atoms with Gasteiger partial charge in [-0.1, -0.05) is 18.2 Å². The second kappa shape index (κ2) is 9.42. The molecule has 7 nitrogen and oxygen atoms in total. The molecule has 0 saturated heterocycles. The van der Waals surface area contributed by atoms with Crippen molar-refractivity contribution in [3.8, 4) is 0 Å². The number of carboxylic acid groups (broad SMARTS) is 1. The van der Waals surface area contributed by atoms with Gasteiger partial charge in [0.1, 0.15) is 0 Å². The molecule has 0 aliphatic heterocycles. The van der Waals surface area contributed by atoms with Crippen LogP contribution in [0, 0.1) is 0 Å². The maximum Gasteiger partial charge on any atom is 0.389 e. The molecule has 0 heterocycles. The average Bonchev–Trinajstić information content (AvgIpc) is 2.60. The molecular formula is C17H18F3N3O4S. The number of nitrogens with one attached hydrogen (secondary N) is 3. The molecule has 1 unspecified atom stereocenters. The van der Waals surface area contributed by atoms with Crippen molar-refractivity contribution in [3.63, 3.8) is 0 Å². The minimum absolute atomic E-state index is 0.00269. The Labute approximate surface area is 161 Å². The van der Waals surface area contributed by atoms with Crippen LogP contribution in [0.1, 0.15) is 23.2 Å². The molecular weight excluding hydrogens is 399 g/mol. The number of alkyl halides is 3. The Hall–Kier alpha value is -2.79. The van der Waals surface area contributed by atoms with Gasteiger partial charge < -0.3 is 15.7 Å². The minimum Gasteiger partial charge on any atom is -0.478 e. The lowest BCUT2D eigenvalue weighted by molar-refractivity contribution is -0.134. The first-order valence-electron chi connectivity index (χ1n) is 8.07. The Kier molecular flexibility index (Phi) is 7.24. The van der Waals surface area contributed by atoms with E-state index in [4.69, 9.17) is 4.55 Å². The molecule has 152 valence electrons. The van der Waals surface area contributed by atoms with Crippen LogP contribution in [0.2, 0.25) is 0 Å². The Morgan fingerprint density at radius 1 is 1.11 bits per heavy atom. The Bertz CT molecular complexity index is 848. The van der Waals surface area contributed by atoms with Gasteiger partial charge in [0, 0.05) is 18.7 Å². The normalized spacial score (nSPS) is 12.3. The summed E-state index contributed by atoms with van der Waals surface area (Å²) in [5.41, 5.74) is 0.799. The molecule has 2 aromatic carbocycles. The van der Waals surface area contributed by atoms with Crippen molar-refractivity contribution in [3.05, 3.63) is 48.0 Å². The molecule has 0 aromatic heterocycles. The van der Waals surface area contributed by atoms with Gasteiger partial charge in [-0.25, -0.2) is 9.00 Å². The molecule has 0 amide bonds. The highest BCUT2D eigenvalue weighted by Crippen LogP contribution is 2.35. The molecule has 2 aromatic rings. The van der Waals surface area contributed by atoms with Gasteiger partial charge in [0.2, 0.25) is 0 Å². The first-order chi connectivity index (χ1) is 13.2. The van der Waals surface area contributed by atoms with Crippen LogP contribution in [-0.4, -0.2) is 32.6 Å². The molecule has 2 rings (SSSR count). The zero-order valence-corrected chi connectivity index (χ0v) is 15.2. The van der Waals surface area contributed by atoms with Gasteiger partial charge in [0.05, 0.1) is 22.6 Å². The largest absolute Gasteiger partial charge is 0.478 e. The van der Waals surface area contributed by atoms with Crippen molar-refractivity contribution in [2.24, 2.45) is 0 Å². The molecule has 11 heteroatoms. The predicted molar refractivity (Wildman–Crippen MR) is 101 cm³/mol. The van der Waals surface area contributed by atoms with E-state index in [9.17, 15) is 27.3 Å². The van der Waals surface area contributed by atoms with Crippen molar-refractivity contribution in [1.82, 2.24) is 0 Å². The summed E-state index contributed by atoms with van der Waals surface area (Å²) < 4.78 is 59.6. The molecule has 0 bridgehead atoms. The number of halogens is 3. The lowest BCUT2D eigenvalue weighted by atomic mass is 10.1. The van der Waals surface area contributed by atoms with Crippen molar-refractivity contribution in [2.75, 3.05) is 21.9 Å². The quantitative estimate of drug-likeness (QED) is 0.305. The number of carbonyl (C=O) groups is 1. The summed E-state index contributed by atoms with van der Waals surface area (Å²) in [6.07, 6.45) is -5.51. The van der Waals surface area contributed by atoms with Crippen LogP contribution < -0.4 is 15.4 Å². The first-order valence-corrected chi connectivity index (χ1v) is 9.18. The fraction of sp³-hybridized carbons (Fsp3) is 0.235. The first kappa shape index (κ1) is 21.5. The van der Waals surface area contributed by atoms with E-state index in [1.807, 2.05) is 0 Å². The van der Waals surface area contributed by atoms with E-state index in [1.165, 1.54) is 6.07 Å². The Balaban J connectivity index is 2.37. The molecule has 5 N–H and O–H groups in total. The van der Waals surface area contributed by atoms with E-state index in [2.05, 4.69) is 15.4 Å². The highest BCUT2D eigenvalue weighted by molar-refractivity contribution is 7.80. The van der Waals surface area contributed by atoms with Gasteiger partial charge >= 0.3 is 12.1 Å². The molecule has 0 fully saturated rings. The van der Waals surface area contributed by atoms with E-state index in [0.29, 0.717) is 5.69 Å². The predicted octanol–water partition coefficient (Wildman–Crippen LogP) is 4.43. The lowest BCUT2D eigenvalue weighted by Gasteiger charge is -2.19. The van der Waals surface area contributed by atoms with Gasteiger partial charge in [-0.3, -0.25) is 9.27 Å². The van der Waals surface area contributed by atoms with E-state index in [1.54, 1.807) is 30.3 Å². The standard InChI is InChI=1S/C17H18F3N3O4S/c18-17(19,20)7-4-8-21-13-9-11(16(24)25)10-14(23-28(26)27)15(13)22-12-5-2-1-3-6-12/h1-3,5-6,9-10,21-23H,4,7-8H2,(H,24,25)(H,26,27). The summed E-state index contributed by atoms with van der Waals surface area (Å²) in [6, 6.07) is 11.1. The number of para-hydroxylation sites is 1. The number of aromatic carboxylic acids is 1. The third-order valence-corrected chi connectivity index (χ3v) is 3.97. The topological polar surface area (TPSA) is 111 Å². The van der Waals surface area contributed by atoms with Gasteiger partial charge in [-0.2, -0.15) is 13.2 Å². The zero-order valence-electron chi connectivity index (χ0n) is 14.4. The second-order valence-electron chi connectivity index (χ2n) is 5.74. The number of carboxylic acids is 1. The van der Waals surface area contributed by atoms with E-state index >= 15 is 0 Å². The van der Waals surface area contributed by atoms with Gasteiger partial charge in [-0.05, 0) is 30.7 Å². The second-order valence-corrected chi connectivity index (χ2v) is 6.44. The van der Waals surface area contributed by atoms with Crippen molar-refractivity contribution >= 4 is 40.0 Å². The Morgan fingerprint density at radius 2 is 1.75 bits per heavy atom. The molecule has 0 radical (unpaired) electrons. The van der Waals surface area contributed by atoms with Crippen molar-refractivity contribution in [1.29, 1.82) is 0 Å². The van der Waals surface area contributed by atoms with Crippen LogP contribution in [0.3, 0.4) is 0 Å². The summed E-state index contributed by atoms with van der Waals surface area (Å²) >= 11 is -2.49. The van der Waals surface area contributed by atoms with E-state index in [0.717, 1.165) is 6.07 Å². The molecule has 1 atom stereocenters. The summed E-state index contributed by atoms with van der Waals surface area (Å²) in [5, 5.41) is 15.0. The average molecular weight is 417 g/mol. The maximum absolute atomic E-state index is 12.3. The summed E-state index contributed by atoms with van der Waals surface area (Å²) in [4.78, 5) is 11.4. The monoisotopic (exact) mass is 417 g/mol. The summed E-state index contributed by atoms with van der Waals surface area (Å²) in [5.74, 6) is -1.30. The number of hydrogen-bond donors (Lipinski definition) is 5. The lowest BCUT2D eigenvalue weighted by Crippen LogP contribution is -2.13.